The molecule has 2 saturated heterocycles. The lowest BCUT2D eigenvalue weighted by Gasteiger charge is -2.28. The molecule has 3 heterocycles. The molecule has 2 aromatic carbocycles. The largest absolute Gasteiger partial charge is 0.349 e. The molecule has 2 aliphatic heterocycles. The number of nitrogens with one attached hydrogen (secondary N) is 2. The fourth-order valence-corrected chi connectivity index (χ4v) is 4.90. The topological polar surface area (TPSA) is 48.1 Å². The van der Waals surface area contributed by atoms with Crippen molar-refractivity contribution in [2.75, 3.05) is 19.6 Å². The average Bonchev–Trinajstić information content (AvgIpc) is 3.35. The average molecular weight is 402 g/mol. The van der Waals surface area contributed by atoms with Crippen LogP contribution in [0.25, 0.3) is 10.9 Å². The molecule has 1 aromatic heterocycles. The highest BCUT2D eigenvalue weighted by Gasteiger charge is 2.47. The van der Waals surface area contributed by atoms with Crippen LogP contribution >= 0.6 is 24.0 Å². The molecule has 0 bridgehead atoms. The number of H-pyrrole nitrogens is 1. The second-order valence-electron chi connectivity index (χ2n) is 7.25. The number of para-hydroxylation sites is 1. The van der Waals surface area contributed by atoms with E-state index in [0.29, 0.717) is 22.6 Å². The molecule has 2 fully saturated rings. The van der Waals surface area contributed by atoms with E-state index in [1.807, 2.05) is 47.4 Å². The van der Waals surface area contributed by atoms with Crippen LogP contribution in [0.15, 0.2) is 54.6 Å². The van der Waals surface area contributed by atoms with Crippen LogP contribution in [0.5, 0.6) is 0 Å². The van der Waals surface area contributed by atoms with Crippen molar-refractivity contribution in [1.29, 1.82) is 0 Å². The molecule has 27 heavy (non-hydrogen) atoms. The molecule has 0 unspecified atom stereocenters. The number of aromatic amines is 1. The Labute approximate surface area is 169 Å². The fraction of sp³-hybridized carbons (Fsp3) is 0.286. The van der Waals surface area contributed by atoms with Crippen molar-refractivity contribution in [3.63, 3.8) is 0 Å². The number of carbonyl (C=O) groups excluding carboxylic acids is 1. The summed E-state index contributed by atoms with van der Waals surface area (Å²) >= 11 is 6.55. The third-order valence-corrected chi connectivity index (χ3v) is 6.22. The highest BCUT2D eigenvalue weighted by atomic mass is 35.5. The number of carbonyl (C=O) groups is 1. The van der Waals surface area contributed by atoms with Gasteiger partial charge in [-0.3, -0.25) is 4.79 Å². The highest BCUT2D eigenvalue weighted by Crippen LogP contribution is 2.43. The molecule has 5 rings (SSSR count). The molecule has 2 aliphatic rings. The summed E-state index contributed by atoms with van der Waals surface area (Å²) in [5.74, 6) is 0.936. The van der Waals surface area contributed by atoms with Gasteiger partial charge in [0.15, 0.2) is 0 Å². The third-order valence-electron chi connectivity index (χ3n) is 5.82. The zero-order valence-electron chi connectivity index (χ0n) is 14.7. The number of rotatable bonds is 2. The van der Waals surface area contributed by atoms with E-state index >= 15 is 0 Å². The summed E-state index contributed by atoms with van der Waals surface area (Å²) in [6, 6.07) is 18.2. The van der Waals surface area contributed by atoms with Crippen molar-refractivity contribution in [2.24, 2.45) is 11.8 Å². The first-order valence-corrected chi connectivity index (χ1v) is 9.44. The van der Waals surface area contributed by atoms with Gasteiger partial charge in [-0.2, -0.15) is 0 Å². The van der Waals surface area contributed by atoms with Crippen LogP contribution in [-0.2, 0) is 0 Å². The Kier molecular flexibility index (Phi) is 4.89. The van der Waals surface area contributed by atoms with Crippen molar-refractivity contribution < 1.29 is 4.79 Å². The summed E-state index contributed by atoms with van der Waals surface area (Å²) in [7, 11) is 0. The first kappa shape index (κ1) is 18.4. The number of aromatic nitrogens is 1. The lowest BCUT2D eigenvalue weighted by atomic mass is 9.89. The third kappa shape index (κ3) is 2.92. The predicted octanol–water partition coefficient (Wildman–Crippen LogP) is 4.28. The molecular weight excluding hydrogens is 381 g/mol. The second-order valence-corrected chi connectivity index (χ2v) is 7.63. The maximum absolute atomic E-state index is 13.4. The summed E-state index contributed by atoms with van der Waals surface area (Å²) in [5.41, 5.74) is 2.60. The molecule has 3 aromatic rings. The lowest BCUT2D eigenvalue weighted by molar-refractivity contribution is 0.0709. The van der Waals surface area contributed by atoms with Gasteiger partial charge in [-0.25, -0.2) is 0 Å². The minimum Gasteiger partial charge on any atom is -0.349 e. The van der Waals surface area contributed by atoms with Crippen molar-refractivity contribution in [2.45, 2.75) is 6.04 Å². The maximum atomic E-state index is 13.4. The predicted molar refractivity (Wildman–Crippen MR) is 111 cm³/mol. The zero-order valence-corrected chi connectivity index (χ0v) is 16.3. The molecule has 0 radical (unpaired) electrons. The summed E-state index contributed by atoms with van der Waals surface area (Å²) in [4.78, 5) is 18.7. The molecule has 2 N–H and O–H groups in total. The molecule has 0 aliphatic carbocycles. The van der Waals surface area contributed by atoms with Gasteiger partial charge in [0.25, 0.3) is 5.91 Å². The van der Waals surface area contributed by atoms with Crippen LogP contribution in [0.1, 0.15) is 22.1 Å². The molecule has 4 nitrogen and oxygen atoms in total. The Hall–Kier alpha value is -2.01. The molecular formula is C21H21Cl2N3O. The minimum atomic E-state index is -0.00514. The van der Waals surface area contributed by atoms with Crippen LogP contribution in [-0.4, -0.2) is 35.4 Å². The molecule has 0 spiro atoms. The van der Waals surface area contributed by atoms with Crippen molar-refractivity contribution in [1.82, 2.24) is 15.2 Å². The van der Waals surface area contributed by atoms with Crippen molar-refractivity contribution in [3.8, 4) is 0 Å². The quantitative estimate of drug-likeness (QED) is 0.673. The normalized spacial score (nSPS) is 24.0. The van der Waals surface area contributed by atoms with Gasteiger partial charge in [0.1, 0.15) is 5.69 Å². The van der Waals surface area contributed by atoms with Crippen LogP contribution in [0.2, 0.25) is 5.02 Å². The second kappa shape index (κ2) is 7.19. The summed E-state index contributed by atoms with van der Waals surface area (Å²) in [6.45, 7) is 2.69. The van der Waals surface area contributed by atoms with E-state index in [2.05, 4.69) is 22.4 Å². The van der Waals surface area contributed by atoms with Gasteiger partial charge in [-0.15, -0.1) is 12.4 Å². The molecule has 140 valence electrons. The van der Waals surface area contributed by atoms with Gasteiger partial charge in [0.2, 0.25) is 0 Å². The van der Waals surface area contributed by atoms with E-state index in [0.717, 1.165) is 30.5 Å². The maximum Gasteiger partial charge on any atom is 0.272 e. The number of fused-ring (bicyclic) bond motifs is 2. The van der Waals surface area contributed by atoms with E-state index in [-0.39, 0.29) is 24.4 Å². The number of hydrogen-bond acceptors (Lipinski definition) is 2. The van der Waals surface area contributed by atoms with Crippen LogP contribution < -0.4 is 5.32 Å². The van der Waals surface area contributed by atoms with Crippen molar-refractivity contribution in [3.05, 3.63) is 70.9 Å². The molecule has 6 heteroatoms. The summed E-state index contributed by atoms with van der Waals surface area (Å²) in [5, 5.41) is 4.90. The molecule has 3 atom stereocenters. The molecule has 0 saturated carbocycles. The Morgan fingerprint density at radius 2 is 1.78 bits per heavy atom. The van der Waals surface area contributed by atoms with Crippen LogP contribution in [0.4, 0.5) is 0 Å². The van der Waals surface area contributed by atoms with Gasteiger partial charge in [-0.1, -0.05) is 60.1 Å². The van der Waals surface area contributed by atoms with Crippen LogP contribution in [0, 0.1) is 11.8 Å². The standard InChI is InChI=1S/C21H20ClN3O.ClH/c22-18-15-8-4-5-9-17(15)24-19(18)21(26)25-12-14-10-23-11-16(14)20(25)13-6-2-1-3-7-13;/h1-9,14,16,20,23-24H,10-12H2;1H/t14-,16-,20+;/m0./s1. The van der Waals surface area contributed by atoms with E-state index in [1.54, 1.807) is 0 Å². The smallest absolute Gasteiger partial charge is 0.272 e. The molecule has 1 amide bonds. The van der Waals surface area contributed by atoms with Gasteiger partial charge < -0.3 is 15.2 Å². The van der Waals surface area contributed by atoms with E-state index in [9.17, 15) is 4.79 Å². The summed E-state index contributed by atoms with van der Waals surface area (Å²) in [6.07, 6.45) is 0. The van der Waals surface area contributed by atoms with Crippen LogP contribution in [0.3, 0.4) is 0 Å². The lowest BCUT2D eigenvalue weighted by Crippen LogP contribution is -2.35. The number of benzene rings is 2. The Morgan fingerprint density at radius 3 is 2.56 bits per heavy atom. The van der Waals surface area contributed by atoms with Gasteiger partial charge in [-0.05, 0) is 17.5 Å². The fourth-order valence-electron chi connectivity index (χ4n) is 4.61. The number of hydrogen-bond donors (Lipinski definition) is 2. The van der Waals surface area contributed by atoms with Gasteiger partial charge >= 0.3 is 0 Å². The van der Waals surface area contributed by atoms with Gasteiger partial charge in [0.05, 0.1) is 11.1 Å². The number of nitrogens with zero attached hydrogens (tertiary/aromatic N) is 1. The van der Waals surface area contributed by atoms with E-state index in [1.165, 1.54) is 5.56 Å². The number of likely N-dealkylation sites (tertiary alicyclic amines) is 1. The highest BCUT2D eigenvalue weighted by molar-refractivity contribution is 6.38. The van der Waals surface area contributed by atoms with Crippen molar-refractivity contribution >= 4 is 40.8 Å². The summed E-state index contributed by atoms with van der Waals surface area (Å²) < 4.78 is 0. The first-order valence-electron chi connectivity index (χ1n) is 9.07. The number of amides is 1. The SMILES string of the molecule is Cl.O=C(c1[nH]c2ccccc2c1Cl)N1C[C@@H]2CNC[C@@H]2[C@H]1c1ccccc1. The van der Waals surface area contributed by atoms with Gasteiger partial charge in [0, 0.05) is 36.5 Å². The minimum absolute atomic E-state index is 0. The monoisotopic (exact) mass is 401 g/mol. The first-order chi connectivity index (χ1) is 12.7. The Bertz CT molecular complexity index is 972. The van der Waals surface area contributed by atoms with E-state index in [4.69, 9.17) is 11.6 Å². The number of halogens is 2. The van der Waals surface area contributed by atoms with E-state index < -0.39 is 0 Å². The Morgan fingerprint density at radius 1 is 1.04 bits per heavy atom. The zero-order chi connectivity index (χ0) is 17.7. The Balaban J connectivity index is 0.00000180.